The molecule has 8 heteroatoms. The third-order valence-corrected chi connectivity index (χ3v) is 5.39. The lowest BCUT2D eigenvalue weighted by atomic mass is 10.1. The molecule has 0 aromatic carbocycles. The van der Waals surface area contributed by atoms with Crippen LogP contribution in [0.25, 0.3) is 11.2 Å². The zero-order valence-electron chi connectivity index (χ0n) is 15.1. The highest BCUT2D eigenvalue weighted by molar-refractivity contribution is 5.75. The Morgan fingerprint density at radius 3 is 2.44 bits per heavy atom. The number of nitrogens with zero attached hydrogens (tertiary/aromatic N) is 6. The summed E-state index contributed by atoms with van der Waals surface area (Å²) < 4.78 is 3.67. The highest BCUT2D eigenvalue weighted by Gasteiger charge is 2.26. The van der Waals surface area contributed by atoms with Gasteiger partial charge >= 0.3 is 0 Å². The first-order valence-electron chi connectivity index (χ1n) is 9.33. The van der Waals surface area contributed by atoms with Gasteiger partial charge in [-0.1, -0.05) is 0 Å². The van der Waals surface area contributed by atoms with Crippen LogP contribution in [0.4, 0.5) is 11.9 Å². The predicted molar refractivity (Wildman–Crippen MR) is 99.3 cm³/mol. The Balaban J connectivity index is 1.85. The number of hydrogen-bond acceptors (Lipinski definition) is 6. The van der Waals surface area contributed by atoms with Gasteiger partial charge in [0.2, 0.25) is 11.9 Å². The lowest BCUT2D eigenvalue weighted by Gasteiger charge is -2.31. The molecule has 0 spiro atoms. The minimum Gasteiger partial charge on any atom is -0.342 e. The van der Waals surface area contributed by atoms with Gasteiger partial charge < -0.3 is 20.1 Å². The van der Waals surface area contributed by atoms with Gasteiger partial charge in [-0.05, 0) is 32.6 Å². The topological polar surface area (TPSA) is 85.2 Å². The maximum absolute atomic E-state index is 13.0. The van der Waals surface area contributed by atoms with Crippen LogP contribution in [0.15, 0.2) is 4.79 Å². The monoisotopic (exact) mass is 345 g/mol. The number of hydrogen-bond donors (Lipinski definition) is 1. The summed E-state index contributed by atoms with van der Waals surface area (Å²) in [6.07, 6.45) is 4.39. The molecule has 0 bridgehead atoms. The van der Waals surface area contributed by atoms with Gasteiger partial charge in [0.25, 0.3) is 5.56 Å². The number of rotatable bonds is 3. The number of anilines is 2. The van der Waals surface area contributed by atoms with Gasteiger partial charge in [0.15, 0.2) is 11.2 Å². The number of aryl methyl sites for hydroxylation is 1. The molecule has 4 heterocycles. The molecule has 2 aliphatic rings. The highest BCUT2D eigenvalue weighted by Crippen LogP contribution is 2.24. The van der Waals surface area contributed by atoms with Crippen LogP contribution in [0.1, 0.15) is 32.6 Å². The summed E-state index contributed by atoms with van der Waals surface area (Å²) >= 11 is 0. The van der Waals surface area contributed by atoms with Crippen molar-refractivity contribution in [1.82, 2.24) is 19.1 Å². The summed E-state index contributed by atoms with van der Waals surface area (Å²) in [4.78, 5) is 26.9. The molecule has 0 saturated carbocycles. The smallest absolute Gasteiger partial charge is 0.280 e. The van der Waals surface area contributed by atoms with Crippen molar-refractivity contribution in [2.75, 3.05) is 36.0 Å². The molecule has 1 unspecified atom stereocenters. The molecular formula is C17H27N7O. The van der Waals surface area contributed by atoms with Crippen LogP contribution in [0.5, 0.6) is 0 Å². The molecule has 25 heavy (non-hydrogen) atoms. The number of piperidine rings is 1. The van der Waals surface area contributed by atoms with Crippen molar-refractivity contribution in [1.29, 1.82) is 0 Å². The first-order valence-corrected chi connectivity index (χ1v) is 9.33. The minimum atomic E-state index is -0.0196. The fourth-order valence-electron chi connectivity index (χ4n) is 4.07. The van der Waals surface area contributed by atoms with Crippen molar-refractivity contribution >= 4 is 23.1 Å². The van der Waals surface area contributed by atoms with Crippen LogP contribution in [0, 0.1) is 0 Å². The second-order valence-electron chi connectivity index (χ2n) is 7.15. The van der Waals surface area contributed by atoms with Gasteiger partial charge in [-0.25, -0.2) is 0 Å². The van der Waals surface area contributed by atoms with Gasteiger partial charge in [-0.3, -0.25) is 9.36 Å². The molecule has 136 valence electrons. The fraction of sp³-hybridized carbons (Fsp3) is 0.706. The average molecular weight is 345 g/mol. The fourth-order valence-corrected chi connectivity index (χ4v) is 4.07. The normalized spacial score (nSPS) is 21.5. The molecule has 8 nitrogen and oxygen atoms in total. The van der Waals surface area contributed by atoms with Crippen molar-refractivity contribution in [2.24, 2.45) is 12.8 Å². The highest BCUT2D eigenvalue weighted by atomic mass is 16.1. The molecule has 2 aliphatic heterocycles. The summed E-state index contributed by atoms with van der Waals surface area (Å²) in [5.74, 6) is 1.56. The third-order valence-electron chi connectivity index (χ3n) is 5.39. The minimum absolute atomic E-state index is 0.0196. The molecule has 2 saturated heterocycles. The quantitative estimate of drug-likeness (QED) is 0.880. The lowest BCUT2D eigenvalue weighted by Crippen LogP contribution is -2.44. The van der Waals surface area contributed by atoms with Crippen molar-refractivity contribution < 1.29 is 0 Å². The second-order valence-corrected chi connectivity index (χ2v) is 7.15. The third kappa shape index (κ3) is 2.68. The van der Waals surface area contributed by atoms with Gasteiger partial charge in [0.05, 0.1) is 0 Å². The molecule has 4 rings (SSSR count). The number of fused-ring (bicyclic) bond motifs is 1. The van der Waals surface area contributed by atoms with E-state index in [4.69, 9.17) is 15.7 Å². The van der Waals surface area contributed by atoms with Crippen LogP contribution in [-0.2, 0) is 13.6 Å². The predicted octanol–water partition coefficient (Wildman–Crippen LogP) is 0.678. The average Bonchev–Trinajstić information content (AvgIpc) is 3.25. The summed E-state index contributed by atoms with van der Waals surface area (Å²) in [6, 6.07) is 0.162. The maximum Gasteiger partial charge on any atom is 0.280 e. The van der Waals surface area contributed by atoms with E-state index in [0.29, 0.717) is 17.7 Å². The number of imidazole rings is 1. The van der Waals surface area contributed by atoms with Gasteiger partial charge in [0.1, 0.15) is 0 Å². The lowest BCUT2D eigenvalue weighted by molar-refractivity contribution is 0.494. The SMILES string of the molecule is CCn1c(N2CCCC(N)C2)nc2nc(N3CCCC3)n(C)c(=O)c21. The Morgan fingerprint density at radius 1 is 1.08 bits per heavy atom. The van der Waals surface area contributed by atoms with Crippen molar-refractivity contribution in [3.05, 3.63) is 10.4 Å². The summed E-state index contributed by atoms with van der Waals surface area (Å²) in [5, 5.41) is 0. The standard InChI is InChI=1S/C17H27N7O/c1-3-24-13-14(20-17(24)23-10-6-7-12(18)11-23)19-16(21(2)15(13)25)22-8-4-5-9-22/h12H,3-11,18H2,1-2H3. The second kappa shape index (κ2) is 6.33. The van der Waals surface area contributed by atoms with E-state index >= 15 is 0 Å². The van der Waals surface area contributed by atoms with E-state index in [1.165, 1.54) is 0 Å². The van der Waals surface area contributed by atoms with E-state index < -0.39 is 0 Å². The Bertz CT molecular complexity index is 834. The Kier molecular flexibility index (Phi) is 4.15. The van der Waals surface area contributed by atoms with Gasteiger partial charge in [-0.15, -0.1) is 0 Å². The molecule has 0 aliphatic carbocycles. The zero-order chi connectivity index (χ0) is 17.6. The van der Waals surface area contributed by atoms with Crippen molar-refractivity contribution in [3.8, 4) is 0 Å². The van der Waals surface area contributed by atoms with Crippen molar-refractivity contribution in [2.45, 2.75) is 45.2 Å². The zero-order valence-corrected chi connectivity index (χ0v) is 15.1. The van der Waals surface area contributed by atoms with E-state index in [2.05, 4.69) is 9.80 Å². The Morgan fingerprint density at radius 2 is 1.76 bits per heavy atom. The molecule has 2 N–H and O–H groups in total. The van der Waals surface area contributed by atoms with Crippen LogP contribution in [-0.4, -0.2) is 51.3 Å². The summed E-state index contributed by atoms with van der Waals surface area (Å²) in [7, 11) is 1.81. The largest absolute Gasteiger partial charge is 0.342 e. The Labute approximate surface area is 147 Å². The summed E-state index contributed by atoms with van der Waals surface area (Å²) in [5.41, 5.74) is 7.28. The van der Waals surface area contributed by atoms with E-state index in [9.17, 15) is 4.79 Å². The van der Waals surface area contributed by atoms with E-state index in [1.54, 1.807) is 4.57 Å². The van der Waals surface area contributed by atoms with Crippen LogP contribution >= 0.6 is 0 Å². The number of nitrogens with two attached hydrogens (primary N) is 1. The van der Waals surface area contributed by atoms with Gasteiger partial charge in [0, 0.05) is 45.8 Å². The number of aromatic nitrogens is 4. The van der Waals surface area contributed by atoms with E-state index in [0.717, 1.165) is 63.8 Å². The molecule has 0 radical (unpaired) electrons. The van der Waals surface area contributed by atoms with E-state index in [1.807, 2.05) is 18.5 Å². The van der Waals surface area contributed by atoms with E-state index in [-0.39, 0.29) is 11.6 Å². The molecule has 0 amide bonds. The Hall–Kier alpha value is -2.09. The molecule has 2 aromatic rings. The van der Waals surface area contributed by atoms with Crippen LogP contribution in [0.2, 0.25) is 0 Å². The van der Waals surface area contributed by atoms with Gasteiger partial charge in [-0.2, -0.15) is 9.97 Å². The molecule has 1 atom stereocenters. The first kappa shape index (κ1) is 16.4. The first-order chi connectivity index (χ1) is 12.1. The van der Waals surface area contributed by atoms with Crippen LogP contribution in [0.3, 0.4) is 0 Å². The van der Waals surface area contributed by atoms with Crippen molar-refractivity contribution in [3.63, 3.8) is 0 Å². The summed E-state index contributed by atoms with van der Waals surface area (Å²) in [6.45, 7) is 6.35. The maximum atomic E-state index is 13.0. The molecule has 2 aromatic heterocycles. The molecule has 2 fully saturated rings. The molecular weight excluding hydrogens is 318 g/mol. The van der Waals surface area contributed by atoms with Crippen LogP contribution < -0.4 is 21.1 Å².